The molecule has 3 nitrogen and oxygen atoms in total. The second-order valence-corrected chi connectivity index (χ2v) is 5.18. The Kier molecular flexibility index (Phi) is 3.73. The van der Waals surface area contributed by atoms with Gasteiger partial charge in [-0.15, -0.1) is 0 Å². The van der Waals surface area contributed by atoms with Crippen molar-refractivity contribution in [1.82, 2.24) is 0 Å². The summed E-state index contributed by atoms with van der Waals surface area (Å²) in [6.45, 7) is 2.59. The molecule has 0 saturated heterocycles. The Morgan fingerprint density at radius 1 is 1.37 bits per heavy atom. The topological polar surface area (TPSA) is 49.3 Å². The fraction of sp³-hybridized carbons (Fsp3) is 0.500. The average molecular weight is 269 g/mol. The molecule has 0 heterocycles. The Hall–Kier alpha value is -1.65. The zero-order chi connectivity index (χ0) is 14.0. The first-order chi connectivity index (χ1) is 8.97. The average Bonchev–Trinajstić information content (AvgIpc) is 2.30. The van der Waals surface area contributed by atoms with E-state index in [9.17, 15) is 13.6 Å². The van der Waals surface area contributed by atoms with Gasteiger partial charge in [-0.1, -0.05) is 13.3 Å². The van der Waals surface area contributed by atoms with Crippen LogP contribution in [0.2, 0.25) is 0 Å². The molecule has 1 aliphatic rings. The molecule has 1 aromatic rings. The number of aromatic carboxylic acids is 1. The number of benzene rings is 1. The fourth-order valence-electron chi connectivity index (χ4n) is 2.47. The van der Waals surface area contributed by atoms with Crippen LogP contribution >= 0.6 is 0 Å². The van der Waals surface area contributed by atoms with Gasteiger partial charge in [0.15, 0.2) is 0 Å². The van der Waals surface area contributed by atoms with E-state index in [0.717, 1.165) is 37.8 Å². The van der Waals surface area contributed by atoms with E-state index in [1.54, 1.807) is 0 Å². The summed E-state index contributed by atoms with van der Waals surface area (Å²) in [5.41, 5.74) is -0.483. The molecular formula is C14H17F2NO2. The molecule has 0 radical (unpaired) electrons. The van der Waals surface area contributed by atoms with Crippen molar-refractivity contribution in [2.45, 2.75) is 32.6 Å². The van der Waals surface area contributed by atoms with Crippen molar-refractivity contribution in [2.75, 3.05) is 11.9 Å². The predicted octanol–water partition coefficient (Wildman–Crippen LogP) is 3.66. The van der Waals surface area contributed by atoms with Gasteiger partial charge < -0.3 is 10.4 Å². The molecule has 1 aromatic carbocycles. The van der Waals surface area contributed by atoms with E-state index >= 15 is 0 Å². The Bertz CT molecular complexity index is 470. The lowest BCUT2D eigenvalue weighted by molar-refractivity contribution is 0.0695. The quantitative estimate of drug-likeness (QED) is 0.857. The highest BCUT2D eigenvalue weighted by Gasteiger charge is 2.35. The van der Waals surface area contributed by atoms with Crippen LogP contribution in [-0.4, -0.2) is 17.6 Å². The molecule has 1 saturated carbocycles. The Balaban J connectivity index is 2.14. The van der Waals surface area contributed by atoms with Gasteiger partial charge in [-0.2, -0.15) is 0 Å². The zero-order valence-electron chi connectivity index (χ0n) is 10.8. The molecule has 0 bridgehead atoms. The minimum atomic E-state index is -1.34. The molecule has 0 unspecified atom stereocenters. The highest BCUT2D eigenvalue weighted by Crippen LogP contribution is 2.43. The molecule has 2 N–H and O–H groups in total. The Morgan fingerprint density at radius 2 is 1.95 bits per heavy atom. The molecule has 1 aliphatic carbocycles. The SMILES string of the molecule is CCC1(CNc2c(F)cc(C(=O)O)cc2F)CCC1. The van der Waals surface area contributed by atoms with Gasteiger partial charge in [0.05, 0.1) is 5.56 Å². The predicted molar refractivity (Wildman–Crippen MR) is 68.4 cm³/mol. The van der Waals surface area contributed by atoms with Crippen molar-refractivity contribution in [2.24, 2.45) is 5.41 Å². The van der Waals surface area contributed by atoms with Gasteiger partial charge in [0.2, 0.25) is 0 Å². The van der Waals surface area contributed by atoms with Crippen molar-refractivity contribution in [1.29, 1.82) is 0 Å². The number of nitrogens with one attached hydrogen (secondary N) is 1. The first-order valence-corrected chi connectivity index (χ1v) is 6.44. The van der Waals surface area contributed by atoms with Crippen LogP contribution in [0.15, 0.2) is 12.1 Å². The molecule has 19 heavy (non-hydrogen) atoms. The standard InChI is InChI=1S/C14H17F2NO2/c1-2-14(4-3-5-14)8-17-12-10(15)6-9(13(18)19)7-11(12)16/h6-7,17H,2-5,8H2,1H3,(H,18,19). The molecule has 0 atom stereocenters. The summed E-state index contributed by atoms with van der Waals surface area (Å²) in [5.74, 6) is -3.06. The van der Waals surface area contributed by atoms with E-state index in [0.29, 0.717) is 6.54 Å². The largest absolute Gasteiger partial charge is 0.478 e. The lowest BCUT2D eigenvalue weighted by Crippen LogP contribution is -2.36. The number of hydrogen-bond acceptors (Lipinski definition) is 2. The van der Waals surface area contributed by atoms with E-state index in [2.05, 4.69) is 12.2 Å². The van der Waals surface area contributed by atoms with Crippen LogP contribution in [0.1, 0.15) is 43.0 Å². The summed E-state index contributed by atoms with van der Waals surface area (Å²) in [6, 6.07) is 1.68. The number of carboxylic acid groups (broad SMARTS) is 1. The highest BCUT2D eigenvalue weighted by atomic mass is 19.1. The maximum atomic E-state index is 13.7. The number of carbonyl (C=O) groups is 1. The lowest BCUT2D eigenvalue weighted by Gasteiger charge is -2.41. The van der Waals surface area contributed by atoms with Crippen molar-refractivity contribution in [3.63, 3.8) is 0 Å². The third-order valence-corrected chi connectivity index (χ3v) is 4.09. The summed E-state index contributed by atoms with van der Waals surface area (Å²) < 4.78 is 27.4. The maximum Gasteiger partial charge on any atom is 0.335 e. The summed E-state index contributed by atoms with van der Waals surface area (Å²) in [7, 11) is 0. The van der Waals surface area contributed by atoms with Crippen molar-refractivity contribution in [3.05, 3.63) is 29.3 Å². The van der Waals surface area contributed by atoms with Gasteiger partial charge in [-0.05, 0) is 36.8 Å². The van der Waals surface area contributed by atoms with Gasteiger partial charge in [0.1, 0.15) is 17.3 Å². The molecule has 0 aliphatic heterocycles. The van der Waals surface area contributed by atoms with Crippen LogP contribution in [0.25, 0.3) is 0 Å². The highest BCUT2D eigenvalue weighted by molar-refractivity contribution is 5.88. The molecule has 1 fully saturated rings. The third-order valence-electron chi connectivity index (χ3n) is 4.09. The van der Waals surface area contributed by atoms with E-state index in [1.807, 2.05) is 0 Å². The lowest BCUT2D eigenvalue weighted by atomic mass is 9.67. The fourth-order valence-corrected chi connectivity index (χ4v) is 2.47. The van der Waals surface area contributed by atoms with Crippen LogP contribution in [0.5, 0.6) is 0 Å². The number of rotatable bonds is 5. The smallest absolute Gasteiger partial charge is 0.335 e. The number of halogens is 2. The van der Waals surface area contributed by atoms with E-state index in [-0.39, 0.29) is 16.7 Å². The summed E-state index contributed by atoms with van der Waals surface area (Å²) in [4.78, 5) is 10.7. The molecule has 5 heteroatoms. The first kappa shape index (κ1) is 13.8. The van der Waals surface area contributed by atoms with Crippen molar-refractivity contribution < 1.29 is 18.7 Å². The van der Waals surface area contributed by atoms with Crippen LogP contribution in [-0.2, 0) is 0 Å². The van der Waals surface area contributed by atoms with Crippen LogP contribution < -0.4 is 5.32 Å². The van der Waals surface area contributed by atoms with E-state index in [4.69, 9.17) is 5.11 Å². The number of hydrogen-bond donors (Lipinski definition) is 2. The molecule has 2 rings (SSSR count). The van der Waals surface area contributed by atoms with Crippen LogP contribution in [0.3, 0.4) is 0 Å². The molecule has 0 amide bonds. The second kappa shape index (κ2) is 5.15. The summed E-state index contributed by atoms with van der Waals surface area (Å²) in [6.07, 6.45) is 4.24. The van der Waals surface area contributed by atoms with E-state index in [1.165, 1.54) is 0 Å². The van der Waals surface area contributed by atoms with Crippen LogP contribution in [0, 0.1) is 17.0 Å². The number of carboxylic acids is 1. The van der Waals surface area contributed by atoms with Gasteiger partial charge in [-0.25, -0.2) is 13.6 Å². The molecule has 0 spiro atoms. The van der Waals surface area contributed by atoms with Gasteiger partial charge in [-0.3, -0.25) is 0 Å². The van der Waals surface area contributed by atoms with Crippen molar-refractivity contribution in [3.8, 4) is 0 Å². The second-order valence-electron chi connectivity index (χ2n) is 5.18. The minimum absolute atomic E-state index is 0.129. The summed E-state index contributed by atoms with van der Waals surface area (Å²) >= 11 is 0. The van der Waals surface area contributed by atoms with Crippen molar-refractivity contribution >= 4 is 11.7 Å². The first-order valence-electron chi connectivity index (χ1n) is 6.44. The number of anilines is 1. The Morgan fingerprint density at radius 3 is 2.32 bits per heavy atom. The van der Waals surface area contributed by atoms with Gasteiger partial charge in [0.25, 0.3) is 0 Å². The van der Waals surface area contributed by atoms with Gasteiger partial charge in [0, 0.05) is 6.54 Å². The Labute approximate surface area is 110 Å². The maximum absolute atomic E-state index is 13.7. The molecular weight excluding hydrogens is 252 g/mol. The molecule has 104 valence electrons. The summed E-state index contributed by atoms with van der Waals surface area (Å²) in [5, 5.41) is 11.5. The molecule has 0 aromatic heterocycles. The normalized spacial score (nSPS) is 16.8. The van der Waals surface area contributed by atoms with Gasteiger partial charge >= 0.3 is 5.97 Å². The van der Waals surface area contributed by atoms with E-state index < -0.39 is 17.6 Å². The minimum Gasteiger partial charge on any atom is -0.478 e. The monoisotopic (exact) mass is 269 g/mol. The zero-order valence-corrected chi connectivity index (χ0v) is 10.8. The third kappa shape index (κ3) is 2.69. The van der Waals surface area contributed by atoms with Crippen LogP contribution in [0.4, 0.5) is 14.5 Å².